The molecule has 0 saturated carbocycles. The van der Waals surface area contributed by atoms with Crippen LogP contribution in [0.3, 0.4) is 0 Å². The third-order valence-electron chi connectivity index (χ3n) is 2.68. The minimum atomic E-state index is -0.281. The number of nitrogens with zero attached hydrogens (tertiary/aromatic N) is 1. The van der Waals surface area contributed by atoms with Crippen LogP contribution in [0.5, 0.6) is 0 Å². The van der Waals surface area contributed by atoms with Crippen molar-refractivity contribution in [3.8, 4) is 0 Å². The average molecular weight is 262 g/mol. The molecule has 0 radical (unpaired) electrons. The van der Waals surface area contributed by atoms with E-state index in [1.807, 2.05) is 0 Å². The lowest BCUT2D eigenvalue weighted by atomic mass is 10.2. The number of amides is 1. The van der Waals surface area contributed by atoms with Crippen LogP contribution >= 0.6 is 0 Å². The van der Waals surface area contributed by atoms with Crippen molar-refractivity contribution >= 4 is 5.91 Å². The summed E-state index contributed by atoms with van der Waals surface area (Å²) in [5, 5.41) is 2.78. The number of aryl methyl sites for hydroxylation is 2. The first-order valence-corrected chi connectivity index (χ1v) is 6.05. The van der Waals surface area contributed by atoms with Gasteiger partial charge in [-0.3, -0.25) is 4.79 Å². The third-order valence-corrected chi connectivity index (χ3v) is 2.68. The van der Waals surface area contributed by atoms with Crippen molar-refractivity contribution in [3.63, 3.8) is 0 Å². The zero-order chi connectivity index (χ0) is 13.7. The lowest BCUT2D eigenvalue weighted by molar-refractivity contribution is -0.121. The highest BCUT2D eigenvalue weighted by Gasteiger charge is 2.05. The van der Waals surface area contributed by atoms with Gasteiger partial charge in [0.05, 0.1) is 5.69 Å². The molecule has 0 aliphatic heterocycles. The van der Waals surface area contributed by atoms with Crippen LogP contribution in [-0.2, 0) is 17.8 Å². The topological polar surface area (TPSA) is 55.1 Å². The zero-order valence-corrected chi connectivity index (χ0v) is 10.6. The standard InChI is InChI=1S/C14H15FN2O2/c1-10-17-13(9-19-10)6-7-14(18)16-8-11-2-4-12(15)5-3-11/h2-5,9H,6-8H2,1H3,(H,16,18). The van der Waals surface area contributed by atoms with Crippen molar-refractivity contribution in [2.75, 3.05) is 0 Å². The Morgan fingerprint density at radius 2 is 2.11 bits per heavy atom. The van der Waals surface area contributed by atoms with Gasteiger partial charge in [-0.25, -0.2) is 9.37 Å². The summed E-state index contributed by atoms with van der Waals surface area (Å²) in [6, 6.07) is 6.05. The Hall–Kier alpha value is -2.17. The van der Waals surface area contributed by atoms with E-state index in [4.69, 9.17) is 4.42 Å². The lowest BCUT2D eigenvalue weighted by Crippen LogP contribution is -2.23. The molecular formula is C14H15FN2O2. The Morgan fingerprint density at radius 3 is 2.74 bits per heavy atom. The van der Waals surface area contributed by atoms with Crippen LogP contribution in [0.4, 0.5) is 4.39 Å². The predicted octanol–water partition coefficient (Wildman–Crippen LogP) is 2.37. The molecule has 0 aliphatic rings. The van der Waals surface area contributed by atoms with Crippen molar-refractivity contribution in [1.82, 2.24) is 10.3 Å². The molecule has 1 N–H and O–H groups in total. The molecule has 1 amide bonds. The van der Waals surface area contributed by atoms with Gasteiger partial charge in [-0.2, -0.15) is 0 Å². The summed E-state index contributed by atoms with van der Waals surface area (Å²) in [6.45, 7) is 2.16. The highest BCUT2D eigenvalue weighted by atomic mass is 19.1. The molecule has 2 aromatic rings. The van der Waals surface area contributed by atoms with Crippen LogP contribution in [0.25, 0.3) is 0 Å². The fraction of sp³-hybridized carbons (Fsp3) is 0.286. The number of oxazole rings is 1. The molecule has 5 heteroatoms. The van der Waals surface area contributed by atoms with Gasteiger partial charge in [0, 0.05) is 26.3 Å². The van der Waals surface area contributed by atoms with E-state index in [2.05, 4.69) is 10.3 Å². The van der Waals surface area contributed by atoms with E-state index in [1.165, 1.54) is 12.1 Å². The quantitative estimate of drug-likeness (QED) is 0.900. The minimum absolute atomic E-state index is 0.0648. The summed E-state index contributed by atoms with van der Waals surface area (Å²) in [7, 11) is 0. The number of rotatable bonds is 5. The molecule has 0 bridgehead atoms. The second-order valence-electron chi connectivity index (χ2n) is 4.26. The maximum atomic E-state index is 12.7. The van der Waals surface area contributed by atoms with Gasteiger partial charge in [0.1, 0.15) is 12.1 Å². The van der Waals surface area contributed by atoms with Crippen molar-refractivity contribution in [3.05, 3.63) is 53.5 Å². The van der Waals surface area contributed by atoms with Gasteiger partial charge in [0.15, 0.2) is 5.89 Å². The van der Waals surface area contributed by atoms with Crippen LogP contribution in [0.2, 0.25) is 0 Å². The number of carbonyl (C=O) groups excluding carboxylic acids is 1. The normalized spacial score (nSPS) is 10.4. The maximum Gasteiger partial charge on any atom is 0.220 e. The molecule has 2 rings (SSSR count). The molecule has 1 aromatic heterocycles. The smallest absolute Gasteiger partial charge is 0.220 e. The molecule has 1 aromatic carbocycles. The fourth-order valence-corrected chi connectivity index (χ4v) is 1.66. The highest BCUT2D eigenvalue weighted by Crippen LogP contribution is 2.04. The number of nitrogens with one attached hydrogen (secondary N) is 1. The van der Waals surface area contributed by atoms with Gasteiger partial charge in [0.25, 0.3) is 0 Å². The molecule has 100 valence electrons. The molecular weight excluding hydrogens is 247 g/mol. The second-order valence-corrected chi connectivity index (χ2v) is 4.26. The van der Waals surface area contributed by atoms with Gasteiger partial charge in [-0.1, -0.05) is 12.1 Å². The van der Waals surface area contributed by atoms with Crippen LogP contribution in [0.1, 0.15) is 23.6 Å². The minimum Gasteiger partial charge on any atom is -0.449 e. The summed E-state index contributed by atoms with van der Waals surface area (Å²) < 4.78 is 17.8. The largest absolute Gasteiger partial charge is 0.449 e. The van der Waals surface area contributed by atoms with E-state index in [-0.39, 0.29) is 11.7 Å². The molecule has 0 fully saturated rings. The molecule has 0 spiro atoms. The Bertz CT molecular complexity index is 549. The summed E-state index contributed by atoms with van der Waals surface area (Å²) in [5.41, 5.74) is 1.64. The number of benzene rings is 1. The first-order valence-electron chi connectivity index (χ1n) is 6.05. The van der Waals surface area contributed by atoms with Crippen molar-refractivity contribution in [1.29, 1.82) is 0 Å². The van der Waals surface area contributed by atoms with Gasteiger partial charge < -0.3 is 9.73 Å². The summed E-state index contributed by atoms with van der Waals surface area (Å²) in [5.74, 6) is 0.253. The molecule has 0 unspecified atom stereocenters. The van der Waals surface area contributed by atoms with E-state index in [0.717, 1.165) is 11.3 Å². The molecule has 0 saturated heterocycles. The number of aromatic nitrogens is 1. The fourth-order valence-electron chi connectivity index (χ4n) is 1.66. The van der Waals surface area contributed by atoms with E-state index in [9.17, 15) is 9.18 Å². The molecule has 0 aliphatic carbocycles. The first-order chi connectivity index (χ1) is 9.13. The third kappa shape index (κ3) is 4.21. The Labute approximate surface area is 110 Å². The van der Waals surface area contributed by atoms with Crippen molar-refractivity contribution in [2.45, 2.75) is 26.3 Å². The number of carbonyl (C=O) groups is 1. The van der Waals surface area contributed by atoms with E-state index >= 15 is 0 Å². The van der Waals surface area contributed by atoms with E-state index < -0.39 is 0 Å². The average Bonchev–Trinajstić information content (AvgIpc) is 2.81. The van der Waals surface area contributed by atoms with Gasteiger partial charge >= 0.3 is 0 Å². The van der Waals surface area contributed by atoms with Crippen LogP contribution < -0.4 is 5.32 Å². The molecule has 1 heterocycles. The van der Waals surface area contributed by atoms with Gasteiger partial charge in [0.2, 0.25) is 5.91 Å². The van der Waals surface area contributed by atoms with E-state index in [1.54, 1.807) is 25.3 Å². The molecule has 19 heavy (non-hydrogen) atoms. The SMILES string of the molecule is Cc1nc(CCC(=O)NCc2ccc(F)cc2)co1. The van der Waals surface area contributed by atoms with Gasteiger partial charge in [-0.15, -0.1) is 0 Å². The monoisotopic (exact) mass is 262 g/mol. The van der Waals surface area contributed by atoms with Gasteiger partial charge in [-0.05, 0) is 17.7 Å². The van der Waals surface area contributed by atoms with E-state index in [0.29, 0.717) is 25.3 Å². The lowest BCUT2D eigenvalue weighted by Gasteiger charge is -2.04. The van der Waals surface area contributed by atoms with Crippen molar-refractivity contribution < 1.29 is 13.6 Å². The summed E-state index contributed by atoms with van der Waals surface area (Å²) in [4.78, 5) is 15.7. The number of hydrogen-bond acceptors (Lipinski definition) is 3. The Kier molecular flexibility index (Phi) is 4.28. The summed E-state index contributed by atoms with van der Waals surface area (Å²) >= 11 is 0. The Balaban J connectivity index is 1.74. The second kappa shape index (κ2) is 6.13. The van der Waals surface area contributed by atoms with Crippen LogP contribution in [-0.4, -0.2) is 10.9 Å². The molecule has 0 atom stereocenters. The van der Waals surface area contributed by atoms with Crippen LogP contribution in [0.15, 0.2) is 34.9 Å². The predicted molar refractivity (Wildman–Crippen MR) is 67.8 cm³/mol. The Morgan fingerprint density at radius 1 is 1.37 bits per heavy atom. The number of hydrogen-bond donors (Lipinski definition) is 1. The zero-order valence-electron chi connectivity index (χ0n) is 10.6. The van der Waals surface area contributed by atoms with Crippen LogP contribution in [0, 0.1) is 12.7 Å². The maximum absolute atomic E-state index is 12.7. The first kappa shape index (κ1) is 13.3. The molecule has 4 nitrogen and oxygen atoms in total. The summed E-state index contributed by atoms with van der Waals surface area (Å²) in [6.07, 6.45) is 2.46. The highest BCUT2D eigenvalue weighted by molar-refractivity contribution is 5.76. The van der Waals surface area contributed by atoms with Crippen molar-refractivity contribution in [2.24, 2.45) is 0 Å². The number of halogens is 1.